The minimum atomic E-state index is -1.38. The van der Waals surface area contributed by atoms with Crippen LogP contribution in [0.4, 0.5) is 0 Å². The Morgan fingerprint density at radius 3 is 1.94 bits per heavy atom. The molecule has 0 radical (unpaired) electrons. The Labute approximate surface area is 197 Å². The van der Waals surface area contributed by atoms with E-state index in [-0.39, 0.29) is 30.3 Å². The summed E-state index contributed by atoms with van der Waals surface area (Å²) < 4.78 is 0. The van der Waals surface area contributed by atoms with Crippen molar-refractivity contribution >= 4 is 36.3 Å². The standard InChI is InChI=1S/C21H32N4O7S/c1-11(2)7-16(21(31)32)24-19(29)15(8-12-3-5-13(27)6-4-12)23-20(30)17(9-26)25-18(28)14(22)10-33/h3-6,11,14-17,26-27,33H,7-10,22H2,1-2H3,(H,23,30)(H,24,29)(H,25,28)(H,31,32). The highest BCUT2D eigenvalue weighted by atomic mass is 32.1. The van der Waals surface area contributed by atoms with Gasteiger partial charge in [-0.25, -0.2) is 4.79 Å². The number of carboxylic acids is 1. The number of aliphatic hydroxyl groups excluding tert-OH is 1. The van der Waals surface area contributed by atoms with E-state index in [1.165, 1.54) is 12.1 Å². The first-order valence-electron chi connectivity index (χ1n) is 10.4. The molecule has 3 amide bonds. The molecule has 0 fully saturated rings. The molecular weight excluding hydrogens is 452 g/mol. The largest absolute Gasteiger partial charge is 0.508 e. The first-order chi connectivity index (χ1) is 15.5. The number of carbonyl (C=O) groups is 4. The molecule has 0 bridgehead atoms. The molecule has 4 atom stereocenters. The molecule has 0 spiro atoms. The van der Waals surface area contributed by atoms with E-state index in [9.17, 15) is 34.5 Å². The van der Waals surface area contributed by atoms with E-state index in [1.54, 1.807) is 12.1 Å². The summed E-state index contributed by atoms with van der Waals surface area (Å²) in [6, 6.07) is 1.12. The Morgan fingerprint density at radius 2 is 1.45 bits per heavy atom. The van der Waals surface area contributed by atoms with E-state index < -0.39 is 54.5 Å². The molecule has 0 heterocycles. The average Bonchev–Trinajstić information content (AvgIpc) is 2.76. The number of nitrogens with two attached hydrogens (primary N) is 1. The predicted octanol–water partition coefficient (Wildman–Crippen LogP) is -1.23. The molecular formula is C21H32N4O7S. The summed E-state index contributed by atoms with van der Waals surface area (Å²) in [5.41, 5.74) is 6.14. The maximum absolute atomic E-state index is 12.9. The third-order valence-corrected chi connectivity index (χ3v) is 5.07. The van der Waals surface area contributed by atoms with Gasteiger partial charge in [-0.05, 0) is 30.0 Å². The SMILES string of the molecule is CC(C)CC(NC(=O)C(Cc1ccc(O)cc1)NC(=O)C(CO)NC(=O)C(N)CS)C(=O)O. The number of aromatic hydroxyl groups is 1. The first kappa shape index (κ1) is 28.2. The van der Waals surface area contributed by atoms with Gasteiger partial charge in [0.2, 0.25) is 17.7 Å². The van der Waals surface area contributed by atoms with Crippen LogP contribution < -0.4 is 21.7 Å². The molecule has 0 saturated heterocycles. The quantitative estimate of drug-likeness (QED) is 0.160. The first-order valence-corrected chi connectivity index (χ1v) is 11.0. The number of aliphatic hydroxyl groups is 1. The molecule has 0 aromatic heterocycles. The number of aliphatic carboxylic acids is 1. The third kappa shape index (κ3) is 9.68. The number of hydrogen-bond donors (Lipinski definition) is 8. The van der Waals surface area contributed by atoms with Crippen molar-refractivity contribution in [3.8, 4) is 5.75 Å². The van der Waals surface area contributed by atoms with E-state index in [0.717, 1.165) is 0 Å². The lowest BCUT2D eigenvalue weighted by Crippen LogP contribution is -2.58. The number of carbonyl (C=O) groups excluding carboxylic acids is 3. The minimum absolute atomic E-state index is 0.00949. The van der Waals surface area contributed by atoms with Gasteiger partial charge in [-0.15, -0.1) is 0 Å². The lowest BCUT2D eigenvalue weighted by molar-refractivity contribution is -0.142. The molecule has 33 heavy (non-hydrogen) atoms. The number of rotatable bonds is 13. The van der Waals surface area contributed by atoms with Gasteiger partial charge in [0.15, 0.2) is 0 Å². The van der Waals surface area contributed by atoms with Gasteiger partial charge < -0.3 is 37.0 Å². The van der Waals surface area contributed by atoms with Crippen LogP contribution in [0.1, 0.15) is 25.8 Å². The van der Waals surface area contributed by atoms with Gasteiger partial charge in [0.05, 0.1) is 12.6 Å². The lowest BCUT2D eigenvalue weighted by Gasteiger charge is -2.25. The molecule has 0 aliphatic carbocycles. The normalized spacial score (nSPS) is 14.6. The van der Waals surface area contributed by atoms with Crippen molar-refractivity contribution in [2.24, 2.45) is 11.7 Å². The fourth-order valence-electron chi connectivity index (χ4n) is 2.87. The second-order valence-electron chi connectivity index (χ2n) is 7.99. The highest BCUT2D eigenvalue weighted by Gasteiger charge is 2.30. The monoisotopic (exact) mass is 484 g/mol. The molecule has 0 aliphatic heterocycles. The molecule has 0 saturated carbocycles. The fourth-order valence-corrected chi connectivity index (χ4v) is 3.04. The van der Waals surface area contributed by atoms with Crippen molar-refractivity contribution in [3.05, 3.63) is 29.8 Å². The van der Waals surface area contributed by atoms with Crippen LogP contribution in [0, 0.1) is 5.92 Å². The van der Waals surface area contributed by atoms with Crippen LogP contribution in [0.25, 0.3) is 0 Å². The fraction of sp³-hybridized carbons (Fsp3) is 0.524. The summed E-state index contributed by atoms with van der Waals surface area (Å²) in [5.74, 6) is -3.51. The zero-order valence-electron chi connectivity index (χ0n) is 18.5. The number of nitrogens with one attached hydrogen (secondary N) is 3. The van der Waals surface area contributed by atoms with Gasteiger partial charge >= 0.3 is 5.97 Å². The van der Waals surface area contributed by atoms with E-state index in [0.29, 0.717) is 5.56 Å². The van der Waals surface area contributed by atoms with Crippen LogP contribution >= 0.6 is 12.6 Å². The Kier molecular flexibility index (Phi) is 11.7. The minimum Gasteiger partial charge on any atom is -0.508 e. The molecule has 0 aliphatic rings. The van der Waals surface area contributed by atoms with Crippen molar-refractivity contribution in [2.75, 3.05) is 12.4 Å². The molecule has 4 unspecified atom stereocenters. The molecule has 1 rings (SSSR count). The van der Waals surface area contributed by atoms with Gasteiger partial charge in [-0.3, -0.25) is 14.4 Å². The van der Waals surface area contributed by atoms with Gasteiger partial charge in [0.1, 0.15) is 23.9 Å². The Morgan fingerprint density at radius 1 is 0.939 bits per heavy atom. The average molecular weight is 485 g/mol. The van der Waals surface area contributed by atoms with Gasteiger partial charge in [-0.1, -0.05) is 26.0 Å². The van der Waals surface area contributed by atoms with Crippen LogP contribution in [0.5, 0.6) is 5.75 Å². The molecule has 1 aromatic carbocycles. The van der Waals surface area contributed by atoms with Crippen molar-refractivity contribution in [1.29, 1.82) is 0 Å². The summed E-state index contributed by atoms with van der Waals surface area (Å²) in [7, 11) is 0. The summed E-state index contributed by atoms with van der Waals surface area (Å²) >= 11 is 3.91. The number of benzene rings is 1. The number of amides is 3. The van der Waals surface area contributed by atoms with Gasteiger partial charge in [0, 0.05) is 12.2 Å². The third-order valence-electron chi connectivity index (χ3n) is 4.68. The second kappa shape index (κ2) is 13.7. The van der Waals surface area contributed by atoms with Crippen molar-refractivity contribution in [3.63, 3.8) is 0 Å². The van der Waals surface area contributed by atoms with E-state index >= 15 is 0 Å². The zero-order valence-corrected chi connectivity index (χ0v) is 19.4. The van der Waals surface area contributed by atoms with Crippen LogP contribution in [0.15, 0.2) is 24.3 Å². The summed E-state index contributed by atoms with van der Waals surface area (Å²) in [4.78, 5) is 49.1. The number of carboxylic acid groups (broad SMARTS) is 1. The maximum Gasteiger partial charge on any atom is 0.326 e. The van der Waals surface area contributed by atoms with Gasteiger partial charge in [-0.2, -0.15) is 12.6 Å². The smallest absolute Gasteiger partial charge is 0.326 e. The highest BCUT2D eigenvalue weighted by Crippen LogP contribution is 2.12. The molecule has 1 aromatic rings. The predicted molar refractivity (Wildman–Crippen MR) is 124 cm³/mol. The Balaban J connectivity index is 3.06. The lowest BCUT2D eigenvalue weighted by atomic mass is 10.0. The topological polar surface area (TPSA) is 191 Å². The van der Waals surface area contributed by atoms with Crippen LogP contribution in [-0.2, 0) is 25.6 Å². The molecule has 8 N–H and O–H groups in total. The van der Waals surface area contributed by atoms with Crippen LogP contribution in [-0.4, -0.2) is 75.5 Å². The van der Waals surface area contributed by atoms with Gasteiger partial charge in [0.25, 0.3) is 0 Å². The number of thiol groups is 1. The van der Waals surface area contributed by atoms with Crippen LogP contribution in [0.3, 0.4) is 0 Å². The van der Waals surface area contributed by atoms with Crippen molar-refractivity contribution in [1.82, 2.24) is 16.0 Å². The van der Waals surface area contributed by atoms with Crippen LogP contribution in [0.2, 0.25) is 0 Å². The highest BCUT2D eigenvalue weighted by molar-refractivity contribution is 7.80. The number of phenolic OH excluding ortho intramolecular Hbond substituents is 1. The van der Waals surface area contributed by atoms with Crippen molar-refractivity contribution < 1.29 is 34.5 Å². The zero-order chi connectivity index (χ0) is 25.1. The maximum atomic E-state index is 12.9. The van der Waals surface area contributed by atoms with E-state index in [2.05, 4.69) is 28.6 Å². The Bertz CT molecular complexity index is 819. The summed E-state index contributed by atoms with van der Waals surface area (Å²) in [5, 5.41) is 35.6. The van der Waals surface area contributed by atoms with Crippen molar-refractivity contribution in [2.45, 2.75) is 50.9 Å². The molecule has 11 nitrogen and oxygen atoms in total. The van der Waals surface area contributed by atoms with E-state index in [1.807, 2.05) is 13.8 Å². The molecule has 12 heteroatoms. The summed E-state index contributed by atoms with van der Waals surface area (Å²) in [6.07, 6.45) is 0.145. The van der Waals surface area contributed by atoms with E-state index in [4.69, 9.17) is 5.73 Å². The Hall–Kier alpha value is -2.83. The number of hydrogen-bond acceptors (Lipinski definition) is 8. The second-order valence-corrected chi connectivity index (χ2v) is 8.36. The molecule has 184 valence electrons. The summed E-state index contributed by atoms with van der Waals surface area (Å²) in [6.45, 7) is 2.86. The number of phenols is 1.